The maximum Gasteiger partial charge on any atom is 0.137 e. The molecule has 0 bridgehead atoms. The summed E-state index contributed by atoms with van der Waals surface area (Å²) in [4.78, 5) is 4.36. The van der Waals surface area contributed by atoms with Crippen LogP contribution in [0.5, 0.6) is 0 Å². The summed E-state index contributed by atoms with van der Waals surface area (Å²) >= 11 is 6.14. The minimum atomic E-state index is 0.500. The van der Waals surface area contributed by atoms with E-state index in [4.69, 9.17) is 11.6 Å². The fraction of sp³-hybridized carbons (Fsp3) is 0. The van der Waals surface area contributed by atoms with Crippen LogP contribution in [-0.2, 0) is 0 Å². The monoisotopic (exact) mass is 229 g/mol. The molecule has 3 nitrogen and oxygen atoms in total. The van der Waals surface area contributed by atoms with E-state index in [1.807, 2.05) is 30.3 Å². The van der Waals surface area contributed by atoms with E-state index in [-0.39, 0.29) is 0 Å². The Balaban J connectivity index is 2.30. The molecule has 0 aliphatic heterocycles. The third-order valence-electron chi connectivity index (χ3n) is 2.49. The van der Waals surface area contributed by atoms with E-state index in [1.165, 1.54) is 0 Å². The molecule has 0 spiro atoms. The first-order valence-electron chi connectivity index (χ1n) is 4.89. The molecule has 1 aromatic carbocycles. The molecule has 0 fully saturated rings. The number of halogens is 1. The van der Waals surface area contributed by atoms with Crippen LogP contribution in [0.25, 0.3) is 22.0 Å². The predicted octanol–water partition coefficient (Wildman–Crippen LogP) is 3.28. The van der Waals surface area contributed by atoms with Gasteiger partial charge in [0, 0.05) is 22.7 Å². The van der Waals surface area contributed by atoms with Gasteiger partial charge >= 0.3 is 0 Å². The largest absolute Gasteiger partial charge is 0.285 e. The van der Waals surface area contributed by atoms with Gasteiger partial charge in [0.25, 0.3) is 0 Å². The molecule has 0 aliphatic carbocycles. The molecule has 0 atom stereocenters. The number of hydrogen-bond donors (Lipinski definition) is 1. The number of rotatable bonds is 1. The van der Waals surface area contributed by atoms with E-state index in [0.717, 1.165) is 22.0 Å². The fourth-order valence-electron chi connectivity index (χ4n) is 1.69. The highest BCUT2D eigenvalue weighted by molar-refractivity contribution is 6.32. The van der Waals surface area contributed by atoms with Gasteiger partial charge in [0.15, 0.2) is 0 Å². The van der Waals surface area contributed by atoms with E-state index in [9.17, 15) is 0 Å². The number of aromatic nitrogens is 3. The number of H-pyrrole nitrogens is 1. The van der Waals surface area contributed by atoms with Gasteiger partial charge in [0.1, 0.15) is 5.15 Å². The summed E-state index contributed by atoms with van der Waals surface area (Å²) in [7, 11) is 0. The standard InChI is InChI=1S/C12H8ClN3/c13-12-10(9-6-14-15-7-9)5-8-3-1-2-4-11(8)16-12/h1-7H,(H,14,15). The molecule has 0 saturated heterocycles. The zero-order chi connectivity index (χ0) is 11.0. The van der Waals surface area contributed by atoms with E-state index < -0.39 is 0 Å². The topological polar surface area (TPSA) is 41.6 Å². The molecule has 2 heterocycles. The fourth-order valence-corrected chi connectivity index (χ4v) is 1.95. The van der Waals surface area contributed by atoms with Crippen LogP contribution in [0.2, 0.25) is 5.15 Å². The van der Waals surface area contributed by atoms with Crippen molar-refractivity contribution in [3.8, 4) is 11.1 Å². The molecule has 0 amide bonds. The number of hydrogen-bond acceptors (Lipinski definition) is 2. The van der Waals surface area contributed by atoms with Crippen LogP contribution in [0.4, 0.5) is 0 Å². The van der Waals surface area contributed by atoms with Crippen LogP contribution in [0.15, 0.2) is 42.7 Å². The number of nitrogens with zero attached hydrogens (tertiary/aromatic N) is 2. The minimum Gasteiger partial charge on any atom is -0.285 e. The lowest BCUT2D eigenvalue weighted by atomic mass is 10.1. The zero-order valence-electron chi connectivity index (χ0n) is 8.31. The number of fused-ring (bicyclic) bond motifs is 1. The van der Waals surface area contributed by atoms with Crippen LogP contribution in [0.1, 0.15) is 0 Å². The predicted molar refractivity (Wildman–Crippen MR) is 64.3 cm³/mol. The van der Waals surface area contributed by atoms with Crippen molar-refractivity contribution in [1.82, 2.24) is 15.2 Å². The lowest BCUT2D eigenvalue weighted by Crippen LogP contribution is -1.84. The molecule has 16 heavy (non-hydrogen) atoms. The molecule has 0 aliphatic rings. The van der Waals surface area contributed by atoms with Crippen LogP contribution in [0.3, 0.4) is 0 Å². The molecule has 3 aromatic rings. The molecule has 3 rings (SSSR count). The van der Waals surface area contributed by atoms with Gasteiger partial charge in [0.05, 0.1) is 11.7 Å². The lowest BCUT2D eigenvalue weighted by Gasteiger charge is -2.03. The second-order valence-corrected chi connectivity index (χ2v) is 3.86. The first-order valence-corrected chi connectivity index (χ1v) is 5.27. The van der Waals surface area contributed by atoms with E-state index in [2.05, 4.69) is 15.2 Å². The Kier molecular flexibility index (Phi) is 2.11. The Hall–Kier alpha value is -1.87. The van der Waals surface area contributed by atoms with Crippen molar-refractivity contribution in [2.45, 2.75) is 0 Å². The first kappa shape index (κ1) is 9.36. The van der Waals surface area contributed by atoms with Gasteiger partial charge in [-0.05, 0) is 12.1 Å². The van der Waals surface area contributed by atoms with Crippen LogP contribution in [-0.4, -0.2) is 15.2 Å². The van der Waals surface area contributed by atoms with E-state index >= 15 is 0 Å². The Morgan fingerprint density at radius 2 is 2.06 bits per heavy atom. The number of nitrogens with one attached hydrogen (secondary N) is 1. The molecular formula is C12H8ClN3. The normalized spacial score (nSPS) is 10.8. The summed E-state index contributed by atoms with van der Waals surface area (Å²) in [5, 5.41) is 8.25. The third kappa shape index (κ3) is 1.46. The Bertz CT molecular complexity index is 632. The highest BCUT2D eigenvalue weighted by atomic mass is 35.5. The minimum absolute atomic E-state index is 0.500. The van der Waals surface area contributed by atoms with Crippen LogP contribution < -0.4 is 0 Å². The van der Waals surface area contributed by atoms with Crippen LogP contribution in [0, 0.1) is 0 Å². The van der Waals surface area contributed by atoms with Gasteiger partial charge in [-0.15, -0.1) is 0 Å². The van der Waals surface area contributed by atoms with Crippen LogP contribution >= 0.6 is 11.6 Å². The molecule has 0 unspecified atom stereocenters. The number of pyridine rings is 1. The Labute approximate surface area is 97.1 Å². The second-order valence-electron chi connectivity index (χ2n) is 3.51. The quantitative estimate of drug-likeness (QED) is 0.651. The van der Waals surface area contributed by atoms with Crippen molar-refractivity contribution in [1.29, 1.82) is 0 Å². The second kappa shape index (κ2) is 3.61. The first-order chi connectivity index (χ1) is 7.84. The van der Waals surface area contributed by atoms with Gasteiger partial charge in [-0.25, -0.2) is 4.98 Å². The average Bonchev–Trinajstić information content (AvgIpc) is 2.81. The van der Waals surface area contributed by atoms with Crippen molar-refractivity contribution in [2.75, 3.05) is 0 Å². The van der Waals surface area contributed by atoms with Gasteiger partial charge in [-0.2, -0.15) is 5.10 Å². The van der Waals surface area contributed by atoms with Gasteiger partial charge in [0.2, 0.25) is 0 Å². The highest BCUT2D eigenvalue weighted by Gasteiger charge is 2.07. The molecular weight excluding hydrogens is 222 g/mol. The molecule has 4 heteroatoms. The molecule has 78 valence electrons. The Morgan fingerprint density at radius 1 is 1.19 bits per heavy atom. The maximum absolute atomic E-state index is 6.14. The highest BCUT2D eigenvalue weighted by Crippen LogP contribution is 2.28. The van der Waals surface area contributed by atoms with Gasteiger partial charge < -0.3 is 0 Å². The Morgan fingerprint density at radius 3 is 2.88 bits per heavy atom. The summed E-state index contributed by atoms with van der Waals surface area (Å²) in [6.07, 6.45) is 3.54. The summed E-state index contributed by atoms with van der Waals surface area (Å²) < 4.78 is 0. The molecule has 0 saturated carbocycles. The lowest BCUT2D eigenvalue weighted by molar-refractivity contribution is 1.09. The molecule has 2 aromatic heterocycles. The number of aromatic amines is 1. The maximum atomic E-state index is 6.14. The summed E-state index contributed by atoms with van der Waals surface area (Å²) in [5.74, 6) is 0. The van der Waals surface area contributed by atoms with Gasteiger partial charge in [-0.3, -0.25) is 5.10 Å². The van der Waals surface area contributed by atoms with Crippen molar-refractivity contribution >= 4 is 22.5 Å². The smallest absolute Gasteiger partial charge is 0.137 e. The summed E-state index contributed by atoms with van der Waals surface area (Å²) in [6.45, 7) is 0. The van der Waals surface area contributed by atoms with Crippen molar-refractivity contribution in [3.05, 3.63) is 47.9 Å². The number of para-hydroxylation sites is 1. The SMILES string of the molecule is Clc1nc2ccccc2cc1-c1cn[nH]c1. The average molecular weight is 230 g/mol. The summed E-state index contributed by atoms with van der Waals surface area (Å²) in [6, 6.07) is 9.92. The van der Waals surface area contributed by atoms with Crippen molar-refractivity contribution in [3.63, 3.8) is 0 Å². The summed E-state index contributed by atoms with van der Waals surface area (Å²) in [5.41, 5.74) is 2.75. The number of benzene rings is 1. The third-order valence-corrected chi connectivity index (χ3v) is 2.77. The molecule has 1 N–H and O–H groups in total. The molecule has 0 radical (unpaired) electrons. The zero-order valence-corrected chi connectivity index (χ0v) is 9.07. The van der Waals surface area contributed by atoms with Crippen molar-refractivity contribution in [2.24, 2.45) is 0 Å². The van der Waals surface area contributed by atoms with E-state index in [1.54, 1.807) is 12.4 Å². The van der Waals surface area contributed by atoms with E-state index in [0.29, 0.717) is 5.15 Å². The van der Waals surface area contributed by atoms with Crippen molar-refractivity contribution < 1.29 is 0 Å². The van der Waals surface area contributed by atoms with Gasteiger partial charge in [-0.1, -0.05) is 29.8 Å².